The van der Waals surface area contributed by atoms with Crippen molar-refractivity contribution < 1.29 is 9.84 Å². The highest BCUT2D eigenvalue weighted by Crippen LogP contribution is 2.25. The van der Waals surface area contributed by atoms with E-state index >= 15 is 0 Å². The molecule has 0 amide bonds. The Hall–Kier alpha value is -2.16. The Balaban J connectivity index is 1.50. The number of morpholine rings is 1. The van der Waals surface area contributed by atoms with E-state index in [1.54, 1.807) is 6.20 Å². The molecular formula is C18H20BrN5O2. The number of anilines is 3. The minimum atomic E-state index is 0.0890. The quantitative estimate of drug-likeness (QED) is 0.664. The van der Waals surface area contributed by atoms with Gasteiger partial charge in [0.2, 0.25) is 0 Å². The van der Waals surface area contributed by atoms with Gasteiger partial charge in [-0.05, 0) is 46.6 Å². The van der Waals surface area contributed by atoms with E-state index in [-0.39, 0.29) is 12.7 Å². The van der Waals surface area contributed by atoms with Crippen LogP contribution in [0.15, 0.2) is 47.5 Å². The second-order valence-corrected chi connectivity index (χ2v) is 7.01. The van der Waals surface area contributed by atoms with Crippen molar-refractivity contribution in [1.29, 1.82) is 0 Å². The first-order chi connectivity index (χ1) is 12.7. The Labute approximate surface area is 159 Å². The van der Waals surface area contributed by atoms with E-state index in [9.17, 15) is 0 Å². The second-order valence-electron chi connectivity index (χ2n) is 6.19. The third-order valence-electron chi connectivity index (χ3n) is 4.43. The van der Waals surface area contributed by atoms with Crippen molar-refractivity contribution in [3.05, 3.63) is 47.5 Å². The lowest BCUT2D eigenvalue weighted by atomic mass is 10.2. The van der Waals surface area contributed by atoms with Crippen molar-refractivity contribution in [1.82, 2.24) is 14.4 Å². The van der Waals surface area contributed by atoms with Crippen molar-refractivity contribution in [2.45, 2.75) is 12.5 Å². The molecule has 1 fully saturated rings. The van der Waals surface area contributed by atoms with Gasteiger partial charge in [0.1, 0.15) is 4.60 Å². The van der Waals surface area contributed by atoms with Gasteiger partial charge in [0.25, 0.3) is 0 Å². The van der Waals surface area contributed by atoms with Gasteiger partial charge in [-0.25, -0.2) is 9.97 Å². The molecule has 0 saturated carbocycles. The molecule has 3 heterocycles. The number of benzene rings is 1. The van der Waals surface area contributed by atoms with Crippen LogP contribution in [0.3, 0.4) is 0 Å². The van der Waals surface area contributed by atoms with Gasteiger partial charge < -0.3 is 24.5 Å². The van der Waals surface area contributed by atoms with Crippen molar-refractivity contribution in [3.63, 3.8) is 0 Å². The average molecular weight is 418 g/mol. The summed E-state index contributed by atoms with van der Waals surface area (Å²) in [6.07, 6.45) is 6.27. The highest BCUT2D eigenvalue weighted by Gasteiger charge is 2.20. The number of aliphatic hydroxyl groups excluding tert-OH is 1. The molecule has 8 heteroatoms. The average Bonchev–Trinajstić information content (AvgIpc) is 3.11. The molecule has 0 aliphatic carbocycles. The van der Waals surface area contributed by atoms with E-state index in [0.717, 1.165) is 34.7 Å². The van der Waals surface area contributed by atoms with Gasteiger partial charge in [0, 0.05) is 49.7 Å². The molecule has 2 aromatic heterocycles. The Kier molecular flexibility index (Phi) is 5.05. The summed E-state index contributed by atoms with van der Waals surface area (Å²) in [6.45, 7) is 2.50. The predicted molar refractivity (Wildman–Crippen MR) is 104 cm³/mol. The van der Waals surface area contributed by atoms with Crippen molar-refractivity contribution in [2.24, 2.45) is 0 Å². The number of aliphatic hydroxyl groups is 1. The lowest BCUT2D eigenvalue weighted by molar-refractivity contribution is 0.0247. The molecule has 136 valence electrons. The lowest BCUT2D eigenvalue weighted by Gasteiger charge is -2.34. The zero-order chi connectivity index (χ0) is 17.9. The Bertz CT molecular complexity index is 881. The third-order valence-corrected chi connectivity index (χ3v) is 4.81. The number of imidazole rings is 1. The first-order valence-electron chi connectivity index (χ1n) is 8.56. The van der Waals surface area contributed by atoms with Gasteiger partial charge in [-0.15, -0.1) is 0 Å². The minimum Gasteiger partial charge on any atom is -0.396 e. The number of nitrogens with one attached hydrogen (secondary N) is 1. The van der Waals surface area contributed by atoms with Gasteiger partial charge >= 0.3 is 0 Å². The molecule has 1 aliphatic heterocycles. The van der Waals surface area contributed by atoms with E-state index in [1.165, 1.54) is 0 Å². The Morgan fingerprint density at radius 2 is 2.15 bits per heavy atom. The number of hydrogen-bond acceptors (Lipinski definition) is 6. The van der Waals surface area contributed by atoms with Crippen molar-refractivity contribution in [3.8, 4) is 0 Å². The molecule has 4 rings (SSSR count). The van der Waals surface area contributed by atoms with E-state index in [4.69, 9.17) is 9.84 Å². The molecule has 1 aliphatic rings. The molecule has 7 nitrogen and oxygen atoms in total. The first kappa shape index (κ1) is 17.3. The van der Waals surface area contributed by atoms with Crippen LogP contribution in [0, 0.1) is 0 Å². The fraction of sp³-hybridized carbons (Fsp3) is 0.333. The monoisotopic (exact) mass is 417 g/mol. The SMILES string of the molecule is OCCC1CN(c2ccc(Nc3nc(Br)cn4ccnc34)cc2)CCO1. The number of hydrogen-bond donors (Lipinski definition) is 2. The molecule has 1 aromatic carbocycles. The largest absolute Gasteiger partial charge is 0.396 e. The van der Waals surface area contributed by atoms with Crippen LogP contribution < -0.4 is 10.2 Å². The molecule has 1 atom stereocenters. The highest BCUT2D eigenvalue weighted by molar-refractivity contribution is 9.10. The van der Waals surface area contributed by atoms with E-state index in [0.29, 0.717) is 18.8 Å². The van der Waals surface area contributed by atoms with Crippen LogP contribution in [-0.4, -0.2) is 51.9 Å². The maximum absolute atomic E-state index is 9.11. The van der Waals surface area contributed by atoms with Gasteiger partial charge in [-0.1, -0.05) is 0 Å². The molecule has 26 heavy (non-hydrogen) atoms. The molecule has 3 aromatic rings. The van der Waals surface area contributed by atoms with E-state index in [2.05, 4.69) is 48.2 Å². The van der Waals surface area contributed by atoms with Gasteiger partial charge in [0.15, 0.2) is 11.5 Å². The number of rotatable bonds is 5. The summed E-state index contributed by atoms with van der Waals surface area (Å²) in [7, 11) is 0. The summed E-state index contributed by atoms with van der Waals surface area (Å²) in [5.41, 5.74) is 2.87. The van der Waals surface area contributed by atoms with Crippen LogP contribution >= 0.6 is 15.9 Å². The molecule has 0 radical (unpaired) electrons. The summed E-state index contributed by atoms with van der Waals surface area (Å²) in [5, 5.41) is 12.4. The van der Waals surface area contributed by atoms with Crippen molar-refractivity contribution >= 4 is 38.8 Å². The summed E-state index contributed by atoms with van der Waals surface area (Å²) in [6, 6.07) is 8.25. The third kappa shape index (κ3) is 3.67. The summed E-state index contributed by atoms with van der Waals surface area (Å²) in [4.78, 5) is 11.1. The van der Waals surface area contributed by atoms with Crippen LogP contribution in [0.1, 0.15) is 6.42 Å². The number of halogens is 1. The number of aromatic nitrogens is 3. The maximum atomic E-state index is 9.11. The lowest BCUT2D eigenvalue weighted by Crippen LogP contribution is -2.42. The Morgan fingerprint density at radius 3 is 2.96 bits per heavy atom. The fourth-order valence-electron chi connectivity index (χ4n) is 3.15. The van der Waals surface area contributed by atoms with E-state index in [1.807, 2.05) is 28.9 Å². The first-order valence-corrected chi connectivity index (χ1v) is 9.36. The van der Waals surface area contributed by atoms with Gasteiger partial charge in [0.05, 0.1) is 12.7 Å². The second kappa shape index (κ2) is 7.61. The predicted octanol–water partition coefficient (Wildman–Crippen LogP) is 2.82. The molecule has 0 spiro atoms. The van der Waals surface area contributed by atoms with Crippen molar-refractivity contribution in [2.75, 3.05) is 36.5 Å². The molecule has 1 unspecified atom stereocenters. The smallest absolute Gasteiger partial charge is 0.180 e. The fourth-order valence-corrected chi connectivity index (χ4v) is 3.55. The summed E-state index contributed by atoms with van der Waals surface area (Å²) in [5.74, 6) is 0.700. The van der Waals surface area contributed by atoms with Crippen LogP contribution in [-0.2, 0) is 4.74 Å². The molecule has 0 bridgehead atoms. The van der Waals surface area contributed by atoms with E-state index < -0.39 is 0 Å². The standard InChI is InChI=1S/C18H20BrN5O2/c19-16-12-24-7-6-20-18(24)17(22-16)21-13-1-3-14(4-2-13)23-8-10-26-15(11-23)5-9-25/h1-4,6-7,12,15,25H,5,8-11H2,(H,21,22). The molecule has 2 N–H and O–H groups in total. The maximum Gasteiger partial charge on any atom is 0.180 e. The van der Waals surface area contributed by atoms with Gasteiger partial charge in [-0.3, -0.25) is 0 Å². The molecular weight excluding hydrogens is 398 g/mol. The zero-order valence-corrected chi connectivity index (χ0v) is 15.8. The molecule has 1 saturated heterocycles. The summed E-state index contributed by atoms with van der Waals surface area (Å²) < 4.78 is 8.34. The number of ether oxygens (including phenoxy) is 1. The number of nitrogens with zero attached hydrogens (tertiary/aromatic N) is 4. The minimum absolute atomic E-state index is 0.0890. The normalized spacial score (nSPS) is 17.6. The highest BCUT2D eigenvalue weighted by atomic mass is 79.9. The summed E-state index contributed by atoms with van der Waals surface area (Å²) >= 11 is 3.43. The topological polar surface area (TPSA) is 74.9 Å². The number of fused-ring (bicyclic) bond motifs is 1. The Morgan fingerprint density at radius 1 is 1.31 bits per heavy atom. The van der Waals surface area contributed by atoms with Crippen LogP contribution in [0.4, 0.5) is 17.2 Å². The zero-order valence-electron chi connectivity index (χ0n) is 14.2. The van der Waals surface area contributed by atoms with Gasteiger partial charge in [-0.2, -0.15) is 0 Å². The van der Waals surface area contributed by atoms with Crippen LogP contribution in [0.5, 0.6) is 0 Å². The van der Waals surface area contributed by atoms with Crippen LogP contribution in [0.25, 0.3) is 5.65 Å². The van der Waals surface area contributed by atoms with Crippen LogP contribution in [0.2, 0.25) is 0 Å².